The number of aryl methyl sites for hydroxylation is 1. The van der Waals surface area contributed by atoms with Crippen molar-refractivity contribution in [2.75, 3.05) is 0 Å². The predicted molar refractivity (Wildman–Crippen MR) is 68.7 cm³/mol. The second-order valence-corrected chi connectivity index (χ2v) is 5.28. The van der Waals surface area contributed by atoms with Crippen LogP contribution < -0.4 is 5.32 Å². The van der Waals surface area contributed by atoms with Crippen LogP contribution in [0.3, 0.4) is 0 Å². The van der Waals surface area contributed by atoms with Crippen molar-refractivity contribution in [3.8, 4) is 0 Å². The first kappa shape index (κ1) is 12.0. The summed E-state index contributed by atoms with van der Waals surface area (Å²) in [4.78, 5) is 22.9. The molecule has 0 aromatic carbocycles. The molecule has 0 spiro atoms. The highest BCUT2D eigenvalue weighted by Crippen LogP contribution is 2.26. The van der Waals surface area contributed by atoms with E-state index in [1.165, 1.54) is 0 Å². The van der Waals surface area contributed by atoms with Crippen molar-refractivity contribution in [1.82, 2.24) is 9.88 Å². The Labute approximate surface area is 104 Å². The van der Waals surface area contributed by atoms with Crippen molar-refractivity contribution in [3.05, 3.63) is 28.4 Å². The van der Waals surface area contributed by atoms with Gasteiger partial charge in [-0.2, -0.15) is 0 Å². The van der Waals surface area contributed by atoms with Gasteiger partial charge in [0.25, 0.3) is 11.1 Å². The van der Waals surface area contributed by atoms with Gasteiger partial charge in [-0.25, -0.2) is 0 Å². The molecule has 1 fully saturated rings. The standard InChI is InChI=1S/C12H14N2O2S/c1-7(2)14-6-9(4-8(14)3)5-10-11(15)13-12(16)17-10/h4-7H,1-3H3,(H,13,15,16)/b10-5-. The summed E-state index contributed by atoms with van der Waals surface area (Å²) in [5.74, 6) is -0.310. The minimum atomic E-state index is -0.310. The molecule has 2 heterocycles. The first-order valence-electron chi connectivity index (χ1n) is 5.40. The lowest BCUT2D eigenvalue weighted by Crippen LogP contribution is -2.17. The van der Waals surface area contributed by atoms with Crippen LogP contribution >= 0.6 is 11.8 Å². The average Bonchev–Trinajstić information content (AvgIpc) is 2.71. The van der Waals surface area contributed by atoms with E-state index in [1.807, 2.05) is 19.2 Å². The molecule has 2 amide bonds. The Balaban J connectivity index is 2.30. The lowest BCUT2D eigenvalue weighted by Gasteiger charge is -2.08. The number of aromatic nitrogens is 1. The quantitative estimate of drug-likeness (QED) is 0.821. The van der Waals surface area contributed by atoms with Crippen LogP contribution in [-0.2, 0) is 4.79 Å². The fourth-order valence-corrected chi connectivity index (χ4v) is 2.51. The Morgan fingerprint density at radius 3 is 2.59 bits per heavy atom. The number of rotatable bonds is 2. The van der Waals surface area contributed by atoms with Crippen LogP contribution in [0.4, 0.5) is 4.79 Å². The van der Waals surface area contributed by atoms with Crippen LogP contribution in [0.1, 0.15) is 31.1 Å². The third-order valence-corrected chi connectivity index (χ3v) is 3.38. The van der Waals surface area contributed by atoms with Crippen molar-refractivity contribution in [3.63, 3.8) is 0 Å². The van der Waals surface area contributed by atoms with Gasteiger partial charge in [0.15, 0.2) is 0 Å². The van der Waals surface area contributed by atoms with Gasteiger partial charge in [0, 0.05) is 17.9 Å². The van der Waals surface area contributed by atoms with Gasteiger partial charge in [-0.15, -0.1) is 0 Å². The van der Waals surface area contributed by atoms with Gasteiger partial charge in [0.1, 0.15) is 0 Å². The maximum Gasteiger partial charge on any atom is 0.290 e. The summed E-state index contributed by atoms with van der Waals surface area (Å²) < 4.78 is 2.13. The van der Waals surface area contributed by atoms with Gasteiger partial charge in [-0.1, -0.05) is 0 Å². The van der Waals surface area contributed by atoms with Crippen molar-refractivity contribution in [2.45, 2.75) is 26.8 Å². The second kappa shape index (κ2) is 4.41. The van der Waals surface area contributed by atoms with E-state index in [4.69, 9.17) is 0 Å². The predicted octanol–water partition coefficient (Wildman–Crippen LogP) is 2.70. The first-order chi connectivity index (χ1) is 7.97. The lowest BCUT2D eigenvalue weighted by molar-refractivity contribution is -0.115. The molecule has 1 aliphatic heterocycles. The molecule has 90 valence electrons. The number of carbonyl (C=O) groups is 2. The summed E-state index contributed by atoms with van der Waals surface area (Å²) in [6.45, 7) is 6.23. The lowest BCUT2D eigenvalue weighted by atomic mass is 10.3. The van der Waals surface area contributed by atoms with Crippen molar-refractivity contribution < 1.29 is 9.59 Å². The van der Waals surface area contributed by atoms with Crippen molar-refractivity contribution in [2.24, 2.45) is 0 Å². The molecule has 17 heavy (non-hydrogen) atoms. The molecular formula is C12H14N2O2S. The van der Waals surface area contributed by atoms with Crippen LogP contribution in [0.25, 0.3) is 6.08 Å². The van der Waals surface area contributed by atoms with Gasteiger partial charge in [0.05, 0.1) is 4.91 Å². The Bertz CT molecular complexity index is 515. The van der Waals surface area contributed by atoms with Crippen LogP contribution in [-0.4, -0.2) is 15.7 Å². The van der Waals surface area contributed by atoms with E-state index in [0.717, 1.165) is 23.0 Å². The Kier molecular flexibility index (Phi) is 3.11. The molecule has 1 aliphatic rings. The normalized spacial score (nSPS) is 18.2. The molecular weight excluding hydrogens is 236 g/mol. The fourth-order valence-electron chi connectivity index (χ4n) is 1.82. The molecule has 1 saturated heterocycles. The minimum absolute atomic E-state index is 0.304. The van der Waals surface area contributed by atoms with E-state index in [1.54, 1.807) is 6.08 Å². The summed E-state index contributed by atoms with van der Waals surface area (Å²) in [6, 6.07) is 2.39. The Hall–Kier alpha value is -1.49. The van der Waals surface area contributed by atoms with E-state index < -0.39 is 0 Å². The molecule has 1 aromatic heterocycles. The largest absolute Gasteiger partial charge is 0.349 e. The topological polar surface area (TPSA) is 51.1 Å². The molecule has 0 aliphatic carbocycles. The summed E-state index contributed by atoms with van der Waals surface area (Å²) in [6.07, 6.45) is 3.74. The molecule has 5 heteroatoms. The second-order valence-electron chi connectivity index (χ2n) is 4.27. The SMILES string of the molecule is Cc1cc(/C=C2\SC(=O)NC2=O)cn1C(C)C. The highest BCUT2D eigenvalue weighted by atomic mass is 32.2. The van der Waals surface area contributed by atoms with Gasteiger partial charge in [-0.05, 0) is 50.2 Å². The molecule has 0 saturated carbocycles. The zero-order valence-corrected chi connectivity index (χ0v) is 10.8. The average molecular weight is 250 g/mol. The van der Waals surface area contributed by atoms with Gasteiger partial charge in [0.2, 0.25) is 0 Å². The number of carbonyl (C=O) groups excluding carboxylic acids is 2. The maximum absolute atomic E-state index is 11.4. The maximum atomic E-state index is 11.4. The minimum Gasteiger partial charge on any atom is -0.349 e. The zero-order valence-electron chi connectivity index (χ0n) is 9.98. The number of hydrogen-bond donors (Lipinski definition) is 1. The molecule has 2 rings (SSSR count). The van der Waals surface area contributed by atoms with E-state index in [2.05, 4.69) is 23.7 Å². The van der Waals surface area contributed by atoms with E-state index in [-0.39, 0.29) is 11.1 Å². The third-order valence-electron chi connectivity index (χ3n) is 2.57. The summed E-state index contributed by atoms with van der Waals surface area (Å²) >= 11 is 0.944. The number of hydrogen-bond acceptors (Lipinski definition) is 3. The van der Waals surface area contributed by atoms with Crippen molar-refractivity contribution in [1.29, 1.82) is 0 Å². The Morgan fingerprint density at radius 1 is 1.41 bits per heavy atom. The molecule has 1 aromatic rings. The third kappa shape index (κ3) is 2.44. The molecule has 0 radical (unpaired) electrons. The van der Waals surface area contributed by atoms with Crippen molar-refractivity contribution >= 4 is 29.0 Å². The molecule has 4 nitrogen and oxygen atoms in total. The monoisotopic (exact) mass is 250 g/mol. The van der Waals surface area contributed by atoms with Gasteiger partial charge in [-0.3, -0.25) is 14.9 Å². The fraction of sp³-hybridized carbons (Fsp3) is 0.333. The van der Waals surface area contributed by atoms with Gasteiger partial charge >= 0.3 is 0 Å². The first-order valence-corrected chi connectivity index (χ1v) is 6.22. The van der Waals surface area contributed by atoms with Crippen LogP contribution in [0.2, 0.25) is 0 Å². The smallest absolute Gasteiger partial charge is 0.290 e. The van der Waals surface area contributed by atoms with Crippen LogP contribution in [0.5, 0.6) is 0 Å². The number of nitrogens with one attached hydrogen (secondary N) is 1. The number of thioether (sulfide) groups is 1. The number of amides is 2. The summed E-state index contributed by atoms with van der Waals surface area (Å²) in [5.41, 5.74) is 2.09. The zero-order chi connectivity index (χ0) is 12.6. The van der Waals surface area contributed by atoms with E-state index >= 15 is 0 Å². The Morgan fingerprint density at radius 2 is 2.12 bits per heavy atom. The number of imide groups is 1. The number of nitrogens with zero attached hydrogens (tertiary/aromatic N) is 1. The molecule has 0 unspecified atom stereocenters. The molecule has 0 atom stereocenters. The van der Waals surface area contributed by atoms with Crippen LogP contribution in [0.15, 0.2) is 17.2 Å². The highest BCUT2D eigenvalue weighted by molar-refractivity contribution is 8.18. The van der Waals surface area contributed by atoms with E-state index in [9.17, 15) is 9.59 Å². The van der Waals surface area contributed by atoms with Gasteiger partial charge < -0.3 is 4.57 Å². The van der Waals surface area contributed by atoms with Crippen LogP contribution in [0, 0.1) is 6.92 Å². The molecule has 0 bridgehead atoms. The molecule has 1 N–H and O–H groups in total. The highest BCUT2D eigenvalue weighted by Gasteiger charge is 2.25. The summed E-state index contributed by atoms with van der Waals surface area (Å²) in [7, 11) is 0. The summed E-state index contributed by atoms with van der Waals surface area (Å²) in [5, 5.41) is 1.94. The van der Waals surface area contributed by atoms with E-state index in [0.29, 0.717) is 10.9 Å².